The van der Waals surface area contributed by atoms with Crippen LogP contribution in [0.3, 0.4) is 0 Å². The van der Waals surface area contributed by atoms with Gasteiger partial charge in [-0.25, -0.2) is 9.97 Å². The molecule has 0 amide bonds. The summed E-state index contributed by atoms with van der Waals surface area (Å²) in [7, 11) is 0. The van der Waals surface area contributed by atoms with Crippen molar-refractivity contribution in [3.63, 3.8) is 0 Å². The van der Waals surface area contributed by atoms with E-state index in [1.165, 1.54) is 11.3 Å². The van der Waals surface area contributed by atoms with Crippen LogP contribution < -0.4 is 10.6 Å². The van der Waals surface area contributed by atoms with Crippen LogP contribution in [0.15, 0.2) is 42.7 Å². The van der Waals surface area contributed by atoms with Gasteiger partial charge < -0.3 is 10.6 Å². The predicted octanol–water partition coefficient (Wildman–Crippen LogP) is 1.93. The van der Waals surface area contributed by atoms with Crippen molar-refractivity contribution >= 4 is 5.69 Å². The third kappa shape index (κ3) is 2.44. The number of nitrogens with zero attached hydrogens (tertiary/aromatic N) is 3. The van der Waals surface area contributed by atoms with Crippen LogP contribution in [0.5, 0.6) is 0 Å². The van der Waals surface area contributed by atoms with E-state index in [1.807, 2.05) is 6.07 Å². The number of benzene rings is 1. The fraction of sp³-hybridized carbons (Fsp3) is 0.333. The first-order valence-electron chi connectivity index (χ1n) is 6.68. The minimum atomic E-state index is 0.532. The van der Waals surface area contributed by atoms with Gasteiger partial charge in [-0.3, -0.25) is 0 Å². The molecule has 1 aliphatic rings. The van der Waals surface area contributed by atoms with E-state index in [9.17, 15) is 0 Å². The van der Waals surface area contributed by atoms with Crippen LogP contribution in [0, 0.1) is 0 Å². The van der Waals surface area contributed by atoms with Crippen molar-refractivity contribution in [1.82, 2.24) is 9.97 Å². The molecular weight excluding hydrogens is 236 g/mol. The highest BCUT2D eigenvalue weighted by Crippen LogP contribution is 2.38. The Balaban J connectivity index is 1.84. The molecule has 0 saturated carbocycles. The summed E-state index contributed by atoms with van der Waals surface area (Å²) in [6, 6.07) is 10.4. The molecule has 0 fully saturated rings. The summed E-state index contributed by atoms with van der Waals surface area (Å²) in [5, 5.41) is 0. The van der Waals surface area contributed by atoms with E-state index in [0.717, 1.165) is 31.9 Å². The highest BCUT2D eigenvalue weighted by atomic mass is 15.2. The van der Waals surface area contributed by atoms with E-state index in [1.54, 1.807) is 12.4 Å². The molecule has 0 bridgehead atoms. The second kappa shape index (κ2) is 5.36. The van der Waals surface area contributed by atoms with Crippen molar-refractivity contribution in [2.24, 2.45) is 5.73 Å². The molecule has 0 radical (unpaired) electrons. The van der Waals surface area contributed by atoms with E-state index < -0.39 is 0 Å². The van der Waals surface area contributed by atoms with Crippen molar-refractivity contribution in [1.29, 1.82) is 0 Å². The molecule has 2 aromatic rings. The monoisotopic (exact) mass is 254 g/mol. The summed E-state index contributed by atoms with van der Waals surface area (Å²) < 4.78 is 0. The normalized spacial score (nSPS) is 17.5. The van der Waals surface area contributed by atoms with Crippen LogP contribution in [0.1, 0.15) is 23.7 Å². The fourth-order valence-electron chi connectivity index (χ4n) is 2.76. The number of hydrogen-bond acceptors (Lipinski definition) is 4. The van der Waals surface area contributed by atoms with Crippen LogP contribution >= 0.6 is 0 Å². The standard InChI is InChI=1S/C15H18N4/c16-7-6-12-10-19(11-15-17-8-3-9-18-15)14-5-2-1-4-13(12)14/h1-5,8-9,12H,6-7,10-11,16H2. The lowest BCUT2D eigenvalue weighted by Gasteiger charge is -2.18. The van der Waals surface area contributed by atoms with E-state index in [0.29, 0.717) is 5.92 Å². The van der Waals surface area contributed by atoms with Crippen LogP contribution in [-0.4, -0.2) is 23.1 Å². The van der Waals surface area contributed by atoms with Gasteiger partial charge in [0.25, 0.3) is 0 Å². The molecule has 2 heterocycles. The Morgan fingerprint density at radius 2 is 1.95 bits per heavy atom. The molecule has 2 N–H and O–H groups in total. The summed E-state index contributed by atoms with van der Waals surface area (Å²) in [4.78, 5) is 11.0. The van der Waals surface area contributed by atoms with Crippen LogP contribution in [0.4, 0.5) is 5.69 Å². The molecule has 4 heteroatoms. The lowest BCUT2D eigenvalue weighted by molar-refractivity contribution is 0.638. The quantitative estimate of drug-likeness (QED) is 0.905. The lowest BCUT2D eigenvalue weighted by atomic mass is 9.98. The van der Waals surface area contributed by atoms with Gasteiger partial charge in [-0.15, -0.1) is 0 Å². The average molecular weight is 254 g/mol. The topological polar surface area (TPSA) is 55.0 Å². The molecule has 3 rings (SSSR count). The summed E-state index contributed by atoms with van der Waals surface area (Å²) >= 11 is 0. The first-order chi connectivity index (χ1) is 9.38. The number of fused-ring (bicyclic) bond motifs is 1. The fourth-order valence-corrected chi connectivity index (χ4v) is 2.76. The Morgan fingerprint density at radius 1 is 1.16 bits per heavy atom. The maximum atomic E-state index is 5.72. The zero-order chi connectivity index (χ0) is 13.1. The third-order valence-corrected chi connectivity index (χ3v) is 3.62. The molecule has 1 atom stereocenters. The molecule has 98 valence electrons. The zero-order valence-electron chi connectivity index (χ0n) is 10.9. The molecule has 1 aromatic heterocycles. The minimum absolute atomic E-state index is 0.532. The summed E-state index contributed by atoms with van der Waals surface area (Å²) in [5.74, 6) is 1.40. The van der Waals surface area contributed by atoms with Crippen LogP contribution in [0.2, 0.25) is 0 Å². The molecule has 0 saturated heterocycles. The molecule has 4 nitrogen and oxygen atoms in total. The van der Waals surface area contributed by atoms with Crippen molar-refractivity contribution in [2.75, 3.05) is 18.0 Å². The van der Waals surface area contributed by atoms with E-state index in [2.05, 4.69) is 39.1 Å². The van der Waals surface area contributed by atoms with Crippen LogP contribution in [0.25, 0.3) is 0 Å². The van der Waals surface area contributed by atoms with Gasteiger partial charge in [-0.05, 0) is 30.7 Å². The van der Waals surface area contributed by atoms with Crippen molar-refractivity contribution in [2.45, 2.75) is 18.9 Å². The Bertz CT molecular complexity index is 541. The molecule has 0 spiro atoms. The summed E-state index contributed by atoms with van der Waals surface area (Å²) in [6.07, 6.45) is 4.62. The number of nitrogens with two attached hydrogens (primary N) is 1. The van der Waals surface area contributed by atoms with Gasteiger partial charge >= 0.3 is 0 Å². The smallest absolute Gasteiger partial charge is 0.147 e. The van der Waals surface area contributed by atoms with Crippen molar-refractivity contribution in [3.05, 3.63) is 54.1 Å². The molecular formula is C15H18N4. The number of hydrogen-bond donors (Lipinski definition) is 1. The third-order valence-electron chi connectivity index (χ3n) is 3.62. The SMILES string of the molecule is NCCC1CN(Cc2ncccn2)c2ccccc21. The second-order valence-corrected chi connectivity index (χ2v) is 4.88. The number of aromatic nitrogens is 2. The van der Waals surface area contributed by atoms with Crippen molar-refractivity contribution in [3.8, 4) is 0 Å². The first-order valence-corrected chi connectivity index (χ1v) is 6.68. The molecule has 1 aromatic carbocycles. The first kappa shape index (κ1) is 12.1. The van der Waals surface area contributed by atoms with Gasteiger partial charge in [0.05, 0.1) is 6.54 Å². The Kier molecular flexibility index (Phi) is 3.42. The molecule has 1 unspecified atom stereocenters. The highest BCUT2D eigenvalue weighted by Gasteiger charge is 2.27. The van der Waals surface area contributed by atoms with Gasteiger partial charge in [-0.1, -0.05) is 18.2 Å². The zero-order valence-corrected chi connectivity index (χ0v) is 10.9. The molecule has 0 aliphatic carbocycles. The van der Waals surface area contributed by atoms with Crippen LogP contribution in [-0.2, 0) is 6.54 Å². The second-order valence-electron chi connectivity index (χ2n) is 4.88. The summed E-state index contributed by atoms with van der Waals surface area (Å²) in [5.41, 5.74) is 8.43. The highest BCUT2D eigenvalue weighted by molar-refractivity contribution is 5.60. The Hall–Kier alpha value is -1.94. The van der Waals surface area contributed by atoms with Gasteiger partial charge in [0, 0.05) is 30.5 Å². The van der Waals surface area contributed by atoms with E-state index in [4.69, 9.17) is 5.73 Å². The number of anilines is 1. The minimum Gasteiger partial charge on any atom is -0.363 e. The van der Waals surface area contributed by atoms with Crippen molar-refractivity contribution < 1.29 is 0 Å². The maximum absolute atomic E-state index is 5.72. The Morgan fingerprint density at radius 3 is 2.74 bits per heavy atom. The summed E-state index contributed by atoms with van der Waals surface area (Å²) in [6.45, 7) is 2.50. The van der Waals surface area contributed by atoms with Gasteiger partial charge in [0.1, 0.15) is 5.82 Å². The van der Waals surface area contributed by atoms with Gasteiger partial charge in [0.2, 0.25) is 0 Å². The number of rotatable bonds is 4. The van der Waals surface area contributed by atoms with Gasteiger partial charge in [0.15, 0.2) is 0 Å². The number of para-hydroxylation sites is 1. The predicted molar refractivity (Wildman–Crippen MR) is 75.9 cm³/mol. The largest absolute Gasteiger partial charge is 0.363 e. The molecule has 19 heavy (non-hydrogen) atoms. The van der Waals surface area contributed by atoms with E-state index >= 15 is 0 Å². The lowest BCUT2D eigenvalue weighted by Crippen LogP contribution is -2.23. The maximum Gasteiger partial charge on any atom is 0.147 e. The van der Waals surface area contributed by atoms with Gasteiger partial charge in [-0.2, -0.15) is 0 Å². The molecule has 1 aliphatic heterocycles. The Labute approximate surface area is 113 Å². The van der Waals surface area contributed by atoms with E-state index in [-0.39, 0.29) is 0 Å². The average Bonchev–Trinajstić information content (AvgIpc) is 2.79.